The van der Waals surface area contributed by atoms with E-state index in [4.69, 9.17) is 21.2 Å². The zero-order chi connectivity index (χ0) is 23.8. The summed E-state index contributed by atoms with van der Waals surface area (Å²) in [7, 11) is 2.89. The number of carbonyl (C=O) groups excluding carboxylic acids is 1. The Kier molecular flexibility index (Phi) is 8.03. The number of nitrogens with zero attached hydrogens (tertiary/aromatic N) is 2. The Morgan fingerprint density at radius 1 is 1.15 bits per heavy atom. The minimum absolute atomic E-state index is 0.0959. The summed E-state index contributed by atoms with van der Waals surface area (Å²) >= 11 is 6.46. The number of pyridine rings is 1. The van der Waals surface area contributed by atoms with E-state index in [1.165, 1.54) is 14.2 Å². The number of oxime groups is 1. The highest BCUT2D eigenvalue weighted by Crippen LogP contribution is 2.35. The minimum Gasteiger partial charge on any atom is -0.472 e. The van der Waals surface area contributed by atoms with Crippen LogP contribution in [0.25, 0.3) is 0 Å². The van der Waals surface area contributed by atoms with E-state index >= 15 is 0 Å². The normalized spacial score (nSPS) is 13.2. The van der Waals surface area contributed by atoms with Gasteiger partial charge in [0, 0.05) is 24.4 Å². The second kappa shape index (κ2) is 10.9. The Balaban J connectivity index is 1.86. The third kappa shape index (κ3) is 5.32. The van der Waals surface area contributed by atoms with Gasteiger partial charge < -0.3 is 20.0 Å². The fraction of sp³-hybridized carbons (Fsp3) is 0.240. The average molecular weight is 468 g/mol. The van der Waals surface area contributed by atoms with Crippen LogP contribution in [0.2, 0.25) is 5.02 Å². The molecule has 2 N–H and O–H groups in total. The first-order valence-electron chi connectivity index (χ1n) is 10.4. The molecule has 0 radical (unpaired) electrons. The van der Waals surface area contributed by atoms with E-state index in [1.807, 2.05) is 49.4 Å². The number of hydrogen-bond donors (Lipinski definition) is 2. The highest BCUT2D eigenvalue weighted by molar-refractivity contribution is 6.45. The van der Waals surface area contributed by atoms with Crippen molar-refractivity contribution in [2.45, 2.75) is 25.6 Å². The van der Waals surface area contributed by atoms with Gasteiger partial charge in [-0.15, -0.1) is 0 Å². The van der Waals surface area contributed by atoms with Crippen molar-refractivity contribution in [1.29, 1.82) is 0 Å². The van der Waals surface area contributed by atoms with Crippen LogP contribution < -0.4 is 10.1 Å². The Hall–Kier alpha value is -3.42. The summed E-state index contributed by atoms with van der Waals surface area (Å²) in [6.07, 6.45) is 2.01. The van der Waals surface area contributed by atoms with Crippen LogP contribution in [0.3, 0.4) is 0 Å². The molecular weight excluding hydrogens is 442 g/mol. The Labute approximate surface area is 198 Å². The molecular formula is C25H26ClN3O4. The summed E-state index contributed by atoms with van der Waals surface area (Å²) in [4.78, 5) is 21.4. The van der Waals surface area contributed by atoms with Gasteiger partial charge in [0.1, 0.15) is 24.3 Å². The van der Waals surface area contributed by atoms with Gasteiger partial charge >= 0.3 is 0 Å². The molecule has 0 spiro atoms. The van der Waals surface area contributed by atoms with Gasteiger partial charge in [0.05, 0.1) is 0 Å². The Morgan fingerprint density at radius 2 is 1.85 bits per heavy atom. The summed E-state index contributed by atoms with van der Waals surface area (Å²) < 4.78 is 5.86. The van der Waals surface area contributed by atoms with E-state index in [1.54, 1.807) is 24.4 Å². The SMILES string of the molecule is CCC(O)(c1ccccc1)c1cnc(OCc2ccccc2/C(=N\OC)C(=O)NC)c(Cl)c1. The number of benzene rings is 2. The van der Waals surface area contributed by atoms with Gasteiger partial charge in [-0.1, -0.05) is 78.3 Å². The van der Waals surface area contributed by atoms with E-state index < -0.39 is 5.60 Å². The van der Waals surface area contributed by atoms with Crippen LogP contribution in [0.4, 0.5) is 0 Å². The molecule has 7 nitrogen and oxygen atoms in total. The van der Waals surface area contributed by atoms with E-state index in [9.17, 15) is 9.90 Å². The zero-order valence-corrected chi connectivity index (χ0v) is 19.5. The summed E-state index contributed by atoms with van der Waals surface area (Å²) in [5, 5.41) is 18.0. The summed E-state index contributed by atoms with van der Waals surface area (Å²) in [6.45, 7) is 1.99. The highest BCUT2D eigenvalue weighted by Gasteiger charge is 2.30. The smallest absolute Gasteiger partial charge is 0.273 e. The van der Waals surface area contributed by atoms with Gasteiger partial charge in [0.15, 0.2) is 5.71 Å². The number of nitrogens with one attached hydrogen (secondary N) is 1. The number of amides is 1. The van der Waals surface area contributed by atoms with Gasteiger partial charge in [-0.25, -0.2) is 4.98 Å². The molecule has 0 aliphatic rings. The van der Waals surface area contributed by atoms with Crippen LogP contribution in [0.1, 0.15) is 35.6 Å². The van der Waals surface area contributed by atoms with Gasteiger partial charge in [-0.2, -0.15) is 0 Å². The lowest BCUT2D eigenvalue weighted by atomic mass is 9.85. The molecule has 0 saturated heterocycles. The second-order valence-corrected chi connectivity index (χ2v) is 7.65. The number of aromatic nitrogens is 1. The van der Waals surface area contributed by atoms with Gasteiger partial charge in [0.2, 0.25) is 5.88 Å². The molecule has 0 aliphatic carbocycles. The van der Waals surface area contributed by atoms with Crippen LogP contribution in [0.5, 0.6) is 5.88 Å². The van der Waals surface area contributed by atoms with Crippen molar-refractivity contribution < 1.29 is 19.5 Å². The molecule has 8 heteroatoms. The van der Waals surface area contributed by atoms with Crippen LogP contribution in [0, 0.1) is 0 Å². The molecule has 1 atom stereocenters. The van der Waals surface area contributed by atoms with Crippen molar-refractivity contribution in [2.24, 2.45) is 5.16 Å². The minimum atomic E-state index is -1.22. The topological polar surface area (TPSA) is 93.0 Å². The maximum Gasteiger partial charge on any atom is 0.273 e. The molecule has 0 saturated carbocycles. The number of carbonyl (C=O) groups is 1. The number of halogens is 1. The van der Waals surface area contributed by atoms with Crippen LogP contribution >= 0.6 is 11.6 Å². The second-order valence-electron chi connectivity index (χ2n) is 7.24. The summed E-state index contributed by atoms with van der Waals surface area (Å²) in [6, 6.07) is 18.2. The summed E-state index contributed by atoms with van der Waals surface area (Å²) in [5.74, 6) is -0.170. The lowest BCUT2D eigenvalue weighted by Crippen LogP contribution is -2.29. The van der Waals surface area contributed by atoms with Crippen molar-refractivity contribution in [3.63, 3.8) is 0 Å². The molecule has 1 amide bonds. The average Bonchev–Trinajstić information content (AvgIpc) is 2.86. The quantitative estimate of drug-likeness (QED) is 0.365. The first-order valence-corrected chi connectivity index (χ1v) is 10.8. The highest BCUT2D eigenvalue weighted by atomic mass is 35.5. The van der Waals surface area contributed by atoms with E-state index in [0.717, 1.165) is 5.56 Å². The van der Waals surface area contributed by atoms with Crippen molar-refractivity contribution in [1.82, 2.24) is 10.3 Å². The van der Waals surface area contributed by atoms with Crippen LogP contribution in [-0.4, -0.2) is 35.9 Å². The van der Waals surface area contributed by atoms with Crippen LogP contribution in [-0.2, 0) is 21.8 Å². The number of hydrogen-bond acceptors (Lipinski definition) is 6. The van der Waals surface area contributed by atoms with Crippen molar-refractivity contribution >= 4 is 23.2 Å². The molecule has 0 aliphatic heterocycles. The van der Waals surface area contributed by atoms with E-state index in [0.29, 0.717) is 23.1 Å². The molecule has 1 heterocycles. The van der Waals surface area contributed by atoms with Gasteiger partial charge in [-0.05, 0) is 23.6 Å². The third-order valence-electron chi connectivity index (χ3n) is 5.31. The molecule has 2 aromatic carbocycles. The molecule has 172 valence electrons. The number of ether oxygens (including phenoxy) is 1. The largest absolute Gasteiger partial charge is 0.472 e. The Morgan fingerprint density at radius 3 is 2.48 bits per heavy atom. The molecule has 0 bridgehead atoms. The fourth-order valence-electron chi connectivity index (χ4n) is 3.49. The zero-order valence-electron chi connectivity index (χ0n) is 18.7. The van der Waals surface area contributed by atoms with Crippen molar-refractivity contribution in [3.8, 4) is 5.88 Å². The maximum absolute atomic E-state index is 12.2. The third-order valence-corrected chi connectivity index (χ3v) is 5.58. The Bertz CT molecular complexity index is 1140. The molecule has 0 fully saturated rings. The lowest BCUT2D eigenvalue weighted by Gasteiger charge is -2.28. The first kappa shape index (κ1) is 24.2. The molecule has 1 unspecified atom stereocenters. The van der Waals surface area contributed by atoms with Gasteiger partial charge in [-0.3, -0.25) is 4.79 Å². The lowest BCUT2D eigenvalue weighted by molar-refractivity contribution is -0.114. The number of likely N-dealkylation sites (N-methyl/N-ethyl adjacent to an activating group) is 1. The monoisotopic (exact) mass is 467 g/mol. The predicted octanol–water partition coefficient (Wildman–Crippen LogP) is 4.06. The van der Waals surface area contributed by atoms with Crippen molar-refractivity contribution in [2.75, 3.05) is 14.2 Å². The molecule has 1 aromatic heterocycles. The van der Waals surface area contributed by atoms with Crippen LogP contribution in [0.15, 0.2) is 72.0 Å². The summed E-state index contributed by atoms with van der Waals surface area (Å²) in [5.41, 5.74) is 1.51. The molecule has 33 heavy (non-hydrogen) atoms. The molecule has 3 aromatic rings. The first-order chi connectivity index (χ1) is 15.9. The standard InChI is InChI=1S/C25H26ClN3O4/c1-4-25(31,18-11-6-5-7-12-18)19-14-21(26)24(28-15-19)33-16-17-10-8-9-13-20(17)22(29-32-3)23(30)27-2/h5-15,31H,4,16H2,1-3H3,(H,27,30)/b29-22+. The van der Waals surface area contributed by atoms with E-state index in [-0.39, 0.29) is 29.1 Å². The van der Waals surface area contributed by atoms with Gasteiger partial charge in [0.25, 0.3) is 5.91 Å². The van der Waals surface area contributed by atoms with Crippen molar-refractivity contribution in [3.05, 3.63) is 94.1 Å². The maximum atomic E-state index is 12.2. The number of aliphatic hydroxyl groups is 1. The van der Waals surface area contributed by atoms with E-state index in [2.05, 4.69) is 15.5 Å². The fourth-order valence-corrected chi connectivity index (χ4v) is 3.71. The molecule has 3 rings (SSSR count). The predicted molar refractivity (Wildman–Crippen MR) is 127 cm³/mol. The number of rotatable bonds is 9.